The lowest BCUT2D eigenvalue weighted by Gasteiger charge is -2.33. The molecule has 0 bridgehead atoms. The molecular formula is C16H25NO3. The number of nitrogens with one attached hydrogen (secondary N) is 1. The number of carboxylic acids is 1. The van der Waals surface area contributed by atoms with Crippen LogP contribution in [-0.2, 0) is 9.59 Å². The van der Waals surface area contributed by atoms with Crippen LogP contribution in [0, 0.1) is 23.2 Å². The first-order valence-corrected chi connectivity index (χ1v) is 8.15. The van der Waals surface area contributed by atoms with Crippen LogP contribution in [-0.4, -0.2) is 23.5 Å². The van der Waals surface area contributed by atoms with E-state index in [1.165, 1.54) is 25.7 Å². The van der Waals surface area contributed by atoms with Crippen LogP contribution in [0.2, 0.25) is 0 Å². The van der Waals surface area contributed by atoms with Crippen molar-refractivity contribution in [2.45, 2.75) is 57.8 Å². The second-order valence-electron chi connectivity index (χ2n) is 7.00. The van der Waals surface area contributed by atoms with Gasteiger partial charge in [-0.05, 0) is 37.5 Å². The summed E-state index contributed by atoms with van der Waals surface area (Å²) >= 11 is 0. The van der Waals surface area contributed by atoms with Crippen LogP contribution in [0.15, 0.2) is 0 Å². The minimum atomic E-state index is -0.731. The van der Waals surface area contributed by atoms with Gasteiger partial charge in [0.05, 0.1) is 5.41 Å². The molecule has 20 heavy (non-hydrogen) atoms. The smallest absolute Gasteiger partial charge is 0.311 e. The molecule has 3 aliphatic carbocycles. The summed E-state index contributed by atoms with van der Waals surface area (Å²) in [7, 11) is 0. The molecule has 3 aliphatic rings. The van der Waals surface area contributed by atoms with Crippen LogP contribution in [0.4, 0.5) is 0 Å². The van der Waals surface area contributed by atoms with Crippen molar-refractivity contribution < 1.29 is 14.7 Å². The summed E-state index contributed by atoms with van der Waals surface area (Å²) in [5, 5.41) is 12.5. The zero-order chi connectivity index (χ0) is 14.2. The SMILES string of the molecule is O=C(NCC1(C(=O)O)CCCCC1)C1C2CCCCC21. The molecule has 4 heteroatoms. The highest BCUT2D eigenvalue weighted by molar-refractivity contribution is 5.83. The number of carboxylic acid groups (broad SMARTS) is 1. The lowest BCUT2D eigenvalue weighted by atomic mass is 9.74. The van der Waals surface area contributed by atoms with Crippen molar-refractivity contribution in [1.29, 1.82) is 0 Å². The Morgan fingerprint density at radius 1 is 1.00 bits per heavy atom. The topological polar surface area (TPSA) is 66.4 Å². The summed E-state index contributed by atoms with van der Waals surface area (Å²) in [6.07, 6.45) is 9.36. The molecule has 0 saturated heterocycles. The number of rotatable bonds is 4. The van der Waals surface area contributed by atoms with Gasteiger partial charge in [0.15, 0.2) is 0 Å². The van der Waals surface area contributed by atoms with Crippen LogP contribution >= 0.6 is 0 Å². The number of carbonyl (C=O) groups is 2. The summed E-state index contributed by atoms with van der Waals surface area (Å²) in [5.41, 5.74) is -0.700. The van der Waals surface area contributed by atoms with Gasteiger partial charge in [-0.15, -0.1) is 0 Å². The number of carbonyl (C=O) groups excluding carboxylic acids is 1. The van der Waals surface area contributed by atoms with E-state index in [2.05, 4.69) is 5.32 Å². The van der Waals surface area contributed by atoms with Gasteiger partial charge in [0.2, 0.25) is 5.91 Å². The minimum Gasteiger partial charge on any atom is -0.481 e. The summed E-state index contributed by atoms with van der Waals surface area (Å²) in [4.78, 5) is 23.8. The van der Waals surface area contributed by atoms with E-state index in [0.29, 0.717) is 31.2 Å². The van der Waals surface area contributed by atoms with Gasteiger partial charge in [-0.2, -0.15) is 0 Å². The van der Waals surface area contributed by atoms with Crippen LogP contribution < -0.4 is 5.32 Å². The monoisotopic (exact) mass is 279 g/mol. The molecule has 2 N–H and O–H groups in total. The van der Waals surface area contributed by atoms with Gasteiger partial charge in [-0.3, -0.25) is 9.59 Å². The highest BCUT2D eigenvalue weighted by atomic mass is 16.4. The molecule has 0 spiro atoms. The molecule has 2 unspecified atom stereocenters. The highest BCUT2D eigenvalue weighted by Crippen LogP contribution is 2.55. The van der Waals surface area contributed by atoms with E-state index < -0.39 is 11.4 Å². The van der Waals surface area contributed by atoms with Crippen molar-refractivity contribution in [3.63, 3.8) is 0 Å². The molecule has 0 aromatic rings. The standard InChI is InChI=1S/C16H25NO3/c18-14(13-11-6-2-3-7-12(11)13)17-10-16(15(19)20)8-4-1-5-9-16/h11-13H,1-10H2,(H,17,18)(H,19,20). The van der Waals surface area contributed by atoms with Gasteiger partial charge < -0.3 is 10.4 Å². The molecule has 3 saturated carbocycles. The Morgan fingerprint density at radius 3 is 2.15 bits per heavy atom. The van der Waals surface area contributed by atoms with E-state index in [9.17, 15) is 14.7 Å². The Kier molecular flexibility index (Phi) is 3.74. The summed E-state index contributed by atoms with van der Waals surface area (Å²) < 4.78 is 0. The fourth-order valence-electron chi connectivity index (χ4n) is 4.45. The maximum absolute atomic E-state index is 12.3. The third-order valence-corrected chi connectivity index (χ3v) is 5.82. The fourth-order valence-corrected chi connectivity index (χ4v) is 4.45. The van der Waals surface area contributed by atoms with E-state index in [1.54, 1.807) is 0 Å². The molecule has 0 radical (unpaired) electrons. The Morgan fingerprint density at radius 2 is 1.60 bits per heavy atom. The Hall–Kier alpha value is -1.06. The van der Waals surface area contributed by atoms with Gasteiger partial charge in [0, 0.05) is 12.5 Å². The van der Waals surface area contributed by atoms with Crippen LogP contribution in [0.25, 0.3) is 0 Å². The number of fused-ring (bicyclic) bond motifs is 1. The van der Waals surface area contributed by atoms with Crippen molar-refractivity contribution in [2.75, 3.05) is 6.54 Å². The van der Waals surface area contributed by atoms with Gasteiger partial charge >= 0.3 is 5.97 Å². The maximum Gasteiger partial charge on any atom is 0.311 e. The average Bonchev–Trinajstić information content (AvgIpc) is 3.20. The van der Waals surface area contributed by atoms with E-state index in [4.69, 9.17) is 0 Å². The second-order valence-corrected chi connectivity index (χ2v) is 7.00. The molecule has 2 atom stereocenters. The maximum atomic E-state index is 12.3. The molecule has 0 aromatic heterocycles. The quantitative estimate of drug-likeness (QED) is 0.831. The molecule has 1 amide bonds. The Balaban J connectivity index is 1.55. The van der Waals surface area contributed by atoms with Gasteiger partial charge in [0.25, 0.3) is 0 Å². The number of amides is 1. The molecule has 3 rings (SSSR count). The van der Waals surface area contributed by atoms with Gasteiger partial charge in [-0.25, -0.2) is 0 Å². The molecule has 3 fully saturated rings. The lowest BCUT2D eigenvalue weighted by Crippen LogP contribution is -2.45. The normalized spacial score (nSPS) is 34.9. The van der Waals surface area contributed by atoms with Crippen molar-refractivity contribution in [3.8, 4) is 0 Å². The van der Waals surface area contributed by atoms with E-state index in [1.807, 2.05) is 0 Å². The van der Waals surface area contributed by atoms with Crippen molar-refractivity contribution in [1.82, 2.24) is 5.32 Å². The number of aliphatic carboxylic acids is 1. The van der Waals surface area contributed by atoms with Crippen LogP contribution in [0.1, 0.15) is 57.8 Å². The minimum absolute atomic E-state index is 0.119. The second kappa shape index (κ2) is 5.38. The van der Waals surface area contributed by atoms with Gasteiger partial charge in [0.1, 0.15) is 0 Å². The predicted octanol–water partition coefficient (Wildman–Crippen LogP) is 2.57. The van der Waals surface area contributed by atoms with Crippen molar-refractivity contribution in [3.05, 3.63) is 0 Å². The van der Waals surface area contributed by atoms with Crippen LogP contribution in [0.5, 0.6) is 0 Å². The van der Waals surface area contributed by atoms with E-state index >= 15 is 0 Å². The molecule has 0 heterocycles. The van der Waals surface area contributed by atoms with E-state index in [-0.39, 0.29) is 11.8 Å². The zero-order valence-electron chi connectivity index (χ0n) is 12.1. The van der Waals surface area contributed by atoms with Crippen LogP contribution in [0.3, 0.4) is 0 Å². The molecular weight excluding hydrogens is 254 g/mol. The molecule has 0 aliphatic heterocycles. The Labute approximate surface area is 120 Å². The van der Waals surface area contributed by atoms with Crippen molar-refractivity contribution >= 4 is 11.9 Å². The first kappa shape index (κ1) is 13.9. The summed E-state index contributed by atoms with van der Waals surface area (Å²) in [5.74, 6) is 0.762. The predicted molar refractivity (Wildman–Crippen MR) is 75.1 cm³/mol. The molecule has 4 nitrogen and oxygen atoms in total. The zero-order valence-corrected chi connectivity index (χ0v) is 12.1. The average molecular weight is 279 g/mol. The van der Waals surface area contributed by atoms with Crippen molar-refractivity contribution in [2.24, 2.45) is 23.2 Å². The highest BCUT2D eigenvalue weighted by Gasteiger charge is 2.55. The van der Waals surface area contributed by atoms with Gasteiger partial charge in [-0.1, -0.05) is 32.1 Å². The number of hydrogen-bond acceptors (Lipinski definition) is 2. The summed E-state index contributed by atoms with van der Waals surface area (Å²) in [6, 6.07) is 0. The first-order chi connectivity index (χ1) is 9.64. The third-order valence-electron chi connectivity index (χ3n) is 5.82. The number of hydrogen-bond donors (Lipinski definition) is 2. The fraction of sp³-hybridized carbons (Fsp3) is 0.875. The third kappa shape index (κ3) is 2.45. The Bertz CT molecular complexity index is 389. The molecule has 112 valence electrons. The lowest BCUT2D eigenvalue weighted by molar-refractivity contribution is -0.151. The first-order valence-electron chi connectivity index (χ1n) is 8.15. The molecule has 0 aromatic carbocycles. The van der Waals surface area contributed by atoms with E-state index in [0.717, 1.165) is 19.3 Å². The summed E-state index contributed by atoms with van der Waals surface area (Å²) in [6.45, 7) is 0.330. The largest absolute Gasteiger partial charge is 0.481 e.